The van der Waals surface area contributed by atoms with Gasteiger partial charge in [0.15, 0.2) is 0 Å². The molecule has 0 spiro atoms. The van der Waals surface area contributed by atoms with E-state index < -0.39 is 28.1 Å². The Bertz CT molecular complexity index is 896. The van der Waals surface area contributed by atoms with Crippen molar-refractivity contribution >= 4 is 16.0 Å². The minimum atomic E-state index is -4.10. The molecule has 8 nitrogen and oxygen atoms in total. The number of amides is 1. The van der Waals surface area contributed by atoms with Gasteiger partial charge in [-0.1, -0.05) is 20.8 Å². The summed E-state index contributed by atoms with van der Waals surface area (Å²) in [6.07, 6.45) is 5.67. The number of rotatable bonds is 7. The van der Waals surface area contributed by atoms with Gasteiger partial charge in [0.2, 0.25) is 5.91 Å². The highest BCUT2D eigenvalue weighted by Crippen LogP contribution is 2.68. The Hall–Kier alpha value is -0.740. The summed E-state index contributed by atoms with van der Waals surface area (Å²) in [5, 5.41) is 35.8. The number of nitrogens with one attached hydrogen (secondary N) is 1. The highest BCUT2D eigenvalue weighted by molar-refractivity contribution is 7.85. The number of hydrogen-bond acceptors (Lipinski definition) is 6. The van der Waals surface area contributed by atoms with Gasteiger partial charge >= 0.3 is 0 Å². The third-order valence-electron chi connectivity index (χ3n) is 11.0. The van der Waals surface area contributed by atoms with E-state index in [1.54, 1.807) is 0 Å². The van der Waals surface area contributed by atoms with E-state index in [0.29, 0.717) is 18.8 Å². The molecule has 0 radical (unpaired) electrons. The van der Waals surface area contributed by atoms with Gasteiger partial charge in [-0.3, -0.25) is 9.35 Å². The van der Waals surface area contributed by atoms with Crippen molar-refractivity contribution in [3.8, 4) is 0 Å². The number of carbonyl (C=O) groups excluding carboxylic acids is 1. The Morgan fingerprint density at radius 2 is 1.77 bits per heavy atom. The molecule has 0 bridgehead atoms. The fourth-order valence-electron chi connectivity index (χ4n) is 9.10. The van der Waals surface area contributed by atoms with Crippen LogP contribution in [0.2, 0.25) is 0 Å². The maximum atomic E-state index is 12.2. The molecule has 4 aliphatic carbocycles. The van der Waals surface area contributed by atoms with Crippen molar-refractivity contribution in [1.82, 2.24) is 5.32 Å². The molecule has 9 heteroatoms. The van der Waals surface area contributed by atoms with Crippen LogP contribution in [0.3, 0.4) is 0 Å². The Morgan fingerprint density at radius 1 is 1.06 bits per heavy atom. The highest BCUT2D eigenvalue weighted by atomic mass is 32.2. The van der Waals surface area contributed by atoms with Crippen LogP contribution in [-0.2, 0) is 14.9 Å². The smallest absolute Gasteiger partial charge is 0.266 e. The number of hydrogen-bond donors (Lipinski definition) is 5. The fraction of sp³-hybridized carbons (Fsp3) is 0.962. The van der Waals surface area contributed by atoms with Crippen LogP contribution >= 0.6 is 0 Å². The Labute approximate surface area is 210 Å². The summed E-state index contributed by atoms with van der Waals surface area (Å²) in [6.45, 7) is 6.56. The summed E-state index contributed by atoms with van der Waals surface area (Å²) in [6, 6.07) is 0. The molecule has 3 unspecified atom stereocenters. The maximum Gasteiger partial charge on any atom is 0.266 e. The fourth-order valence-corrected chi connectivity index (χ4v) is 9.46. The molecule has 4 saturated carbocycles. The lowest BCUT2D eigenvalue weighted by Gasteiger charge is -2.63. The first-order valence-corrected chi connectivity index (χ1v) is 15.1. The minimum Gasteiger partial charge on any atom is -0.393 e. The van der Waals surface area contributed by atoms with E-state index >= 15 is 0 Å². The summed E-state index contributed by atoms with van der Waals surface area (Å²) in [5.74, 6) is 0.705. The standard InChI is InChI=1S/C26H45NO7S/c1-15(4-7-23(31)27-10-11-35(32,33)34)18-5-6-19-24-20(14-22(30)26(18,19)3)25(2)9-8-17(28)12-16(25)13-21(24)29/h15-22,24,28-30H,4-14H2,1-3H3,(H,27,31)(H,32,33,34)/t15-,16+,17-,18-,19?,20?,21-,22+,24?,25+,26-/m1/s1. The van der Waals surface area contributed by atoms with Gasteiger partial charge in [-0.15, -0.1) is 0 Å². The first-order valence-electron chi connectivity index (χ1n) is 13.5. The van der Waals surface area contributed by atoms with E-state index in [1.165, 1.54) is 0 Å². The van der Waals surface area contributed by atoms with Crippen LogP contribution in [0.1, 0.15) is 78.6 Å². The van der Waals surface area contributed by atoms with Gasteiger partial charge in [0.1, 0.15) is 0 Å². The predicted molar refractivity (Wildman–Crippen MR) is 132 cm³/mol. The Morgan fingerprint density at radius 3 is 2.46 bits per heavy atom. The third kappa shape index (κ3) is 5.05. The largest absolute Gasteiger partial charge is 0.393 e. The van der Waals surface area contributed by atoms with Crippen LogP contribution in [0.4, 0.5) is 0 Å². The van der Waals surface area contributed by atoms with Crippen LogP contribution in [-0.4, -0.2) is 64.8 Å². The topological polar surface area (TPSA) is 144 Å². The number of fused-ring (bicyclic) bond motifs is 5. The highest BCUT2D eigenvalue weighted by Gasteiger charge is 2.65. The molecule has 35 heavy (non-hydrogen) atoms. The first kappa shape index (κ1) is 27.3. The lowest BCUT2D eigenvalue weighted by Crippen LogP contribution is -2.62. The summed E-state index contributed by atoms with van der Waals surface area (Å²) < 4.78 is 30.5. The van der Waals surface area contributed by atoms with Crippen LogP contribution in [0.5, 0.6) is 0 Å². The van der Waals surface area contributed by atoms with Gasteiger partial charge in [-0.25, -0.2) is 0 Å². The molecular formula is C26H45NO7S. The molecule has 202 valence electrons. The normalized spacial score (nSPS) is 46.3. The second-order valence-electron chi connectivity index (χ2n) is 12.7. The molecule has 4 aliphatic rings. The monoisotopic (exact) mass is 515 g/mol. The van der Waals surface area contributed by atoms with Crippen LogP contribution < -0.4 is 5.32 Å². The van der Waals surface area contributed by atoms with Crippen molar-refractivity contribution < 1.29 is 33.1 Å². The molecule has 0 aromatic carbocycles. The predicted octanol–water partition coefficient (Wildman–Crippen LogP) is 2.37. The van der Waals surface area contributed by atoms with Gasteiger partial charge in [0, 0.05) is 13.0 Å². The van der Waals surface area contributed by atoms with Gasteiger partial charge in [0.25, 0.3) is 10.1 Å². The summed E-state index contributed by atoms with van der Waals surface area (Å²) in [4.78, 5) is 12.2. The van der Waals surface area contributed by atoms with Crippen LogP contribution in [0.25, 0.3) is 0 Å². The van der Waals surface area contributed by atoms with Crippen molar-refractivity contribution in [1.29, 1.82) is 0 Å². The maximum absolute atomic E-state index is 12.2. The first-order chi connectivity index (χ1) is 16.3. The minimum absolute atomic E-state index is 0.0509. The van der Waals surface area contributed by atoms with Gasteiger partial charge < -0.3 is 20.6 Å². The zero-order valence-corrected chi connectivity index (χ0v) is 22.2. The molecule has 0 aliphatic heterocycles. The van der Waals surface area contributed by atoms with Crippen molar-refractivity contribution in [2.24, 2.45) is 46.3 Å². The number of aliphatic hydroxyl groups is 3. The van der Waals surface area contributed by atoms with E-state index in [4.69, 9.17) is 4.55 Å². The van der Waals surface area contributed by atoms with E-state index in [1.807, 2.05) is 0 Å². The average Bonchev–Trinajstić information content (AvgIpc) is 3.12. The lowest BCUT2D eigenvalue weighted by molar-refractivity contribution is -0.207. The van der Waals surface area contributed by atoms with E-state index in [9.17, 15) is 28.5 Å². The number of aliphatic hydroxyl groups excluding tert-OH is 3. The van der Waals surface area contributed by atoms with Crippen molar-refractivity contribution in [3.05, 3.63) is 0 Å². The zero-order chi connectivity index (χ0) is 25.8. The molecule has 1 amide bonds. The Balaban J connectivity index is 1.43. The van der Waals surface area contributed by atoms with Gasteiger partial charge in [-0.2, -0.15) is 8.42 Å². The molecule has 0 aromatic rings. The summed E-state index contributed by atoms with van der Waals surface area (Å²) in [7, 11) is -4.10. The van der Waals surface area contributed by atoms with Gasteiger partial charge in [0.05, 0.1) is 24.1 Å². The molecule has 5 N–H and O–H groups in total. The molecule has 4 fully saturated rings. The third-order valence-corrected chi connectivity index (χ3v) is 11.7. The van der Waals surface area contributed by atoms with Crippen LogP contribution in [0, 0.1) is 46.3 Å². The summed E-state index contributed by atoms with van der Waals surface area (Å²) >= 11 is 0. The van der Waals surface area contributed by atoms with Crippen molar-refractivity contribution in [2.75, 3.05) is 12.3 Å². The average molecular weight is 516 g/mol. The van der Waals surface area contributed by atoms with E-state index in [0.717, 1.165) is 38.5 Å². The van der Waals surface area contributed by atoms with Crippen LogP contribution in [0.15, 0.2) is 0 Å². The van der Waals surface area contributed by atoms with Gasteiger partial charge in [-0.05, 0) is 97.7 Å². The molecule has 0 aromatic heterocycles. The SMILES string of the molecule is C[C@H](CCC(=O)NCCS(=O)(=O)O)[C@H]1CCC2C3C(C[C@H](O)[C@@]21C)[C@@]1(C)CC[C@@H](O)C[C@H]1C[C@H]3O. The van der Waals surface area contributed by atoms with E-state index in [2.05, 4.69) is 26.1 Å². The van der Waals surface area contributed by atoms with Crippen molar-refractivity contribution in [2.45, 2.75) is 96.9 Å². The molecule has 0 heterocycles. The molecular weight excluding hydrogens is 470 g/mol. The zero-order valence-electron chi connectivity index (χ0n) is 21.4. The molecule has 0 saturated heterocycles. The van der Waals surface area contributed by atoms with E-state index in [-0.39, 0.29) is 65.4 Å². The lowest BCUT2D eigenvalue weighted by atomic mass is 9.43. The second-order valence-corrected chi connectivity index (χ2v) is 14.2. The number of carbonyl (C=O) groups is 1. The van der Waals surface area contributed by atoms with Crippen molar-refractivity contribution in [3.63, 3.8) is 0 Å². The Kier molecular flexibility index (Phi) is 7.69. The molecule has 11 atom stereocenters. The summed E-state index contributed by atoms with van der Waals surface area (Å²) in [5.41, 5.74) is -0.254. The quantitative estimate of drug-likeness (QED) is 0.327. The molecule has 4 rings (SSSR count). The second kappa shape index (κ2) is 9.86.